The van der Waals surface area contributed by atoms with Crippen molar-refractivity contribution >= 4 is 29.1 Å². The maximum atomic E-state index is 14.6. The molecule has 11 heteroatoms. The zero-order valence-electron chi connectivity index (χ0n) is 29.3. The average Bonchev–Trinajstić information content (AvgIpc) is 3.59. The molecule has 2 aromatic carbocycles. The molecule has 47 heavy (non-hydrogen) atoms. The van der Waals surface area contributed by atoms with Crippen molar-refractivity contribution in [3.8, 4) is 0 Å². The van der Waals surface area contributed by atoms with Gasteiger partial charge in [0.25, 0.3) is 11.8 Å². The predicted octanol–water partition coefficient (Wildman–Crippen LogP) is 7.24. The summed E-state index contributed by atoms with van der Waals surface area (Å²) in [6, 6.07) is 12.9. The molecule has 0 aliphatic carbocycles. The van der Waals surface area contributed by atoms with Crippen molar-refractivity contribution in [3.63, 3.8) is 0 Å². The Morgan fingerprint density at radius 3 is 2.36 bits per heavy atom. The SMILES string of the molecule is Cc1cc(Cl)cc(C2=NC(C)(CCC(C)OCC(C)(C)C)N([C@H](CCC(C)(C)C)c3ccc(C(=O)NCc4nn[nH]n4)cc3)C2=O)c1. The number of aliphatic imine (C=N–C) groups is 1. The number of nitrogens with one attached hydrogen (secondary N) is 2. The zero-order chi connectivity index (χ0) is 34.6. The fourth-order valence-electron chi connectivity index (χ4n) is 5.73. The van der Waals surface area contributed by atoms with Gasteiger partial charge in [-0.3, -0.25) is 14.6 Å². The van der Waals surface area contributed by atoms with Gasteiger partial charge in [-0.1, -0.05) is 70.5 Å². The Bertz CT molecular complexity index is 1540. The lowest BCUT2D eigenvalue weighted by Gasteiger charge is -2.41. The minimum atomic E-state index is -0.828. The molecule has 2 heterocycles. The molecule has 1 aliphatic heterocycles. The van der Waals surface area contributed by atoms with E-state index in [0.29, 0.717) is 40.7 Å². The highest BCUT2D eigenvalue weighted by Crippen LogP contribution is 2.42. The average molecular weight is 664 g/mol. The first-order chi connectivity index (χ1) is 21.9. The van der Waals surface area contributed by atoms with Crippen LogP contribution in [0.25, 0.3) is 0 Å². The number of rotatable bonds is 13. The van der Waals surface area contributed by atoms with E-state index in [2.05, 4.69) is 81.3 Å². The zero-order valence-corrected chi connectivity index (χ0v) is 30.0. The summed E-state index contributed by atoms with van der Waals surface area (Å²) in [6.45, 7) is 20.0. The minimum absolute atomic E-state index is 0.00561. The van der Waals surface area contributed by atoms with Crippen LogP contribution in [-0.2, 0) is 16.1 Å². The first-order valence-electron chi connectivity index (χ1n) is 16.4. The molecule has 0 spiro atoms. The highest BCUT2D eigenvalue weighted by molar-refractivity contribution is 6.47. The number of halogens is 1. The van der Waals surface area contributed by atoms with Crippen LogP contribution in [0.1, 0.15) is 120 Å². The van der Waals surface area contributed by atoms with Gasteiger partial charge in [0.05, 0.1) is 25.3 Å². The molecule has 2 N–H and O–H groups in total. The molecular formula is C36H50ClN7O3. The molecule has 3 atom stereocenters. The fourth-order valence-corrected chi connectivity index (χ4v) is 6.02. The van der Waals surface area contributed by atoms with Gasteiger partial charge in [0, 0.05) is 16.1 Å². The van der Waals surface area contributed by atoms with Crippen molar-refractivity contribution < 1.29 is 14.3 Å². The maximum absolute atomic E-state index is 14.6. The molecule has 254 valence electrons. The topological polar surface area (TPSA) is 125 Å². The third kappa shape index (κ3) is 9.93. The van der Waals surface area contributed by atoms with Gasteiger partial charge in [0.1, 0.15) is 11.4 Å². The van der Waals surface area contributed by atoms with Crippen LogP contribution in [0, 0.1) is 17.8 Å². The van der Waals surface area contributed by atoms with Crippen molar-refractivity contribution in [1.82, 2.24) is 30.8 Å². The lowest BCUT2D eigenvalue weighted by molar-refractivity contribution is -0.131. The predicted molar refractivity (Wildman–Crippen MR) is 185 cm³/mol. The third-order valence-electron chi connectivity index (χ3n) is 8.27. The van der Waals surface area contributed by atoms with Gasteiger partial charge in [0.15, 0.2) is 5.82 Å². The van der Waals surface area contributed by atoms with Crippen molar-refractivity contribution in [3.05, 3.63) is 75.6 Å². The highest BCUT2D eigenvalue weighted by atomic mass is 35.5. The van der Waals surface area contributed by atoms with E-state index in [1.54, 1.807) is 12.1 Å². The number of carbonyl (C=O) groups is 2. The van der Waals surface area contributed by atoms with Gasteiger partial charge in [-0.2, -0.15) is 5.21 Å². The van der Waals surface area contributed by atoms with E-state index in [-0.39, 0.29) is 41.3 Å². The highest BCUT2D eigenvalue weighted by Gasteiger charge is 2.47. The van der Waals surface area contributed by atoms with E-state index in [1.807, 2.05) is 42.2 Å². The van der Waals surface area contributed by atoms with E-state index >= 15 is 0 Å². The first-order valence-corrected chi connectivity index (χ1v) is 16.8. The molecule has 10 nitrogen and oxygen atoms in total. The van der Waals surface area contributed by atoms with Gasteiger partial charge in [-0.15, -0.1) is 10.2 Å². The lowest BCUT2D eigenvalue weighted by Crippen LogP contribution is -2.47. The van der Waals surface area contributed by atoms with E-state index in [0.717, 1.165) is 30.4 Å². The summed E-state index contributed by atoms with van der Waals surface area (Å²) in [5, 5.41) is 17.1. The Labute approximate surface area is 284 Å². The van der Waals surface area contributed by atoms with Crippen LogP contribution < -0.4 is 5.32 Å². The number of nitrogens with zero attached hydrogens (tertiary/aromatic N) is 5. The van der Waals surface area contributed by atoms with E-state index in [4.69, 9.17) is 21.3 Å². The Hall–Kier alpha value is -3.63. The van der Waals surface area contributed by atoms with E-state index < -0.39 is 5.66 Å². The molecule has 4 rings (SSSR count). The molecule has 0 fully saturated rings. The van der Waals surface area contributed by atoms with Crippen molar-refractivity contribution in [2.45, 2.75) is 112 Å². The smallest absolute Gasteiger partial charge is 0.275 e. The van der Waals surface area contributed by atoms with E-state index in [1.165, 1.54) is 0 Å². The van der Waals surface area contributed by atoms with Crippen LogP contribution in [0.4, 0.5) is 0 Å². The molecule has 3 aromatic rings. The second-order valence-corrected chi connectivity index (χ2v) is 15.8. The second kappa shape index (κ2) is 14.6. The number of ether oxygens (including phenoxy) is 1. The van der Waals surface area contributed by atoms with Crippen LogP contribution in [0.3, 0.4) is 0 Å². The van der Waals surface area contributed by atoms with Crippen LogP contribution >= 0.6 is 11.6 Å². The monoisotopic (exact) mass is 663 g/mol. The number of aryl methyl sites for hydroxylation is 1. The molecule has 0 saturated carbocycles. The fraction of sp³-hybridized carbons (Fsp3) is 0.556. The summed E-state index contributed by atoms with van der Waals surface area (Å²) >= 11 is 6.47. The molecule has 1 aliphatic rings. The summed E-state index contributed by atoms with van der Waals surface area (Å²) in [6.07, 6.45) is 2.94. The molecule has 2 amide bonds. The number of aromatic amines is 1. The van der Waals surface area contributed by atoms with Gasteiger partial charge in [-0.25, -0.2) is 0 Å². The summed E-state index contributed by atoms with van der Waals surface area (Å²) in [5.41, 5.74) is 2.80. The van der Waals surface area contributed by atoms with Crippen LogP contribution in [-0.4, -0.2) is 61.4 Å². The Kier molecular flexibility index (Phi) is 11.3. The molecule has 2 unspecified atom stereocenters. The van der Waals surface area contributed by atoms with E-state index in [9.17, 15) is 9.59 Å². The normalized spacial score (nSPS) is 18.3. The van der Waals surface area contributed by atoms with Gasteiger partial charge in [0.2, 0.25) is 0 Å². The maximum Gasteiger partial charge on any atom is 0.275 e. The minimum Gasteiger partial charge on any atom is -0.378 e. The summed E-state index contributed by atoms with van der Waals surface area (Å²) in [4.78, 5) is 34.7. The third-order valence-corrected chi connectivity index (χ3v) is 8.49. The molecule has 0 saturated heterocycles. The first kappa shape index (κ1) is 36.2. The van der Waals surface area contributed by atoms with Crippen molar-refractivity contribution in [1.29, 1.82) is 0 Å². The number of hydrogen-bond acceptors (Lipinski definition) is 7. The Morgan fingerprint density at radius 2 is 1.77 bits per heavy atom. The number of H-pyrrole nitrogens is 1. The summed E-state index contributed by atoms with van der Waals surface area (Å²) in [5.74, 6) is 0.0204. The number of hydrogen-bond donors (Lipinski definition) is 2. The quantitative estimate of drug-likeness (QED) is 0.199. The van der Waals surface area contributed by atoms with Crippen LogP contribution in [0.15, 0.2) is 47.5 Å². The molecule has 0 radical (unpaired) electrons. The van der Waals surface area contributed by atoms with Crippen molar-refractivity contribution in [2.75, 3.05) is 6.61 Å². The number of amides is 2. The summed E-state index contributed by atoms with van der Waals surface area (Å²) < 4.78 is 6.21. The Morgan fingerprint density at radius 1 is 1.06 bits per heavy atom. The largest absolute Gasteiger partial charge is 0.378 e. The van der Waals surface area contributed by atoms with Crippen LogP contribution in [0.5, 0.6) is 0 Å². The Balaban J connectivity index is 1.68. The molecule has 1 aromatic heterocycles. The number of aromatic nitrogens is 4. The number of tetrazole rings is 1. The number of benzene rings is 2. The second-order valence-electron chi connectivity index (χ2n) is 15.3. The lowest BCUT2D eigenvalue weighted by atomic mass is 9.85. The van der Waals surface area contributed by atoms with Crippen LogP contribution in [0.2, 0.25) is 5.02 Å². The van der Waals surface area contributed by atoms with Gasteiger partial charge >= 0.3 is 0 Å². The molecular weight excluding hydrogens is 614 g/mol. The summed E-state index contributed by atoms with van der Waals surface area (Å²) in [7, 11) is 0. The number of carbonyl (C=O) groups excluding carboxylic acids is 2. The molecule has 0 bridgehead atoms. The van der Waals surface area contributed by atoms with Gasteiger partial charge in [-0.05, 0) is 98.7 Å². The van der Waals surface area contributed by atoms with Gasteiger partial charge < -0.3 is 15.0 Å². The standard InChI is InChI=1S/C36H50ClN7O3/c1-23-18-27(20-28(37)19-23)31-33(46)44(36(9,39-31)17-14-24(2)47-22-35(6,7)8)29(15-16-34(3,4)5)25-10-12-26(13-11-25)32(45)38-21-30-40-42-43-41-30/h10-13,18-20,24,29H,14-17,21-22H2,1-9H3,(H,38,45)(H,40,41,42,43)/t24?,29-,36?/m1/s1. The van der Waals surface area contributed by atoms with Crippen molar-refractivity contribution in [2.24, 2.45) is 15.8 Å².